The van der Waals surface area contributed by atoms with Crippen LogP contribution in [0.3, 0.4) is 0 Å². The second-order valence-electron chi connectivity index (χ2n) is 6.74. The zero-order chi connectivity index (χ0) is 20.3. The largest absolute Gasteiger partial charge is 0.573 e. The SMILES string of the molecule is FC(F)(F)Oc1ccc(-c2nc3ccccc3n2CCCc2ccccc2)cc1. The molecule has 0 aliphatic heterocycles. The van der Waals surface area contributed by atoms with Crippen molar-refractivity contribution in [2.24, 2.45) is 0 Å². The highest BCUT2D eigenvalue weighted by Gasteiger charge is 2.31. The van der Waals surface area contributed by atoms with Crippen LogP contribution in [-0.4, -0.2) is 15.9 Å². The van der Waals surface area contributed by atoms with Crippen LogP contribution in [0.1, 0.15) is 12.0 Å². The number of alkyl halides is 3. The van der Waals surface area contributed by atoms with Gasteiger partial charge in [-0.15, -0.1) is 13.2 Å². The minimum absolute atomic E-state index is 0.243. The Morgan fingerprint density at radius 1 is 0.828 bits per heavy atom. The van der Waals surface area contributed by atoms with Crippen LogP contribution in [0.2, 0.25) is 0 Å². The first-order chi connectivity index (χ1) is 14.0. The van der Waals surface area contributed by atoms with Gasteiger partial charge in [0.2, 0.25) is 0 Å². The molecule has 0 atom stereocenters. The van der Waals surface area contributed by atoms with Gasteiger partial charge in [-0.25, -0.2) is 4.98 Å². The summed E-state index contributed by atoms with van der Waals surface area (Å²) in [6.45, 7) is 0.755. The molecule has 0 amide bonds. The van der Waals surface area contributed by atoms with Crippen LogP contribution in [0.15, 0.2) is 78.9 Å². The number of aromatic nitrogens is 2. The smallest absolute Gasteiger partial charge is 0.406 e. The van der Waals surface area contributed by atoms with Crippen LogP contribution in [-0.2, 0) is 13.0 Å². The molecule has 0 saturated heterocycles. The second kappa shape index (κ2) is 7.99. The van der Waals surface area contributed by atoms with E-state index in [2.05, 4.69) is 21.4 Å². The highest BCUT2D eigenvalue weighted by molar-refractivity contribution is 5.80. The van der Waals surface area contributed by atoms with Crippen LogP contribution in [0.25, 0.3) is 22.4 Å². The van der Waals surface area contributed by atoms with Crippen LogP contribution >= 0.6 is 0 Å². The number of ether oxygens (including phenoxy) is 1. The Morgan fingerprint density at radius 3 is 2.24 bits per heavy atom. The van der Waals surface area contributed by atoms with E-state index in [1.807, 2.05) is 42.5 Å². The van der Waals surface area contributed by atoms with Gasteiger partial charge < -0.3 is 9.30 Å². The van der Waals surface area contributed by atoms with Crippen molar-refractivity contribution in [3.63, 3.8) is 0 Å². The van der Waals surface area contributed by atoms with Gasteiger partial charge in [0.15, 0.2) is 0 Å². The van der Waals surface area contributed by atoms with Crippen molar-refractivity contribution in [3.05, 3.63) is 84.4 Å². The van der Waals surface area contributed by atoms with Gasteiger partial charge in [-0.2, -0.15) is 0 Å². The molecule has 4 aromatic rings. The summed E-state index contributed by atoms with van der Waals surface area (Å²) < 4.78 is 43.3. The molecule has 0 aliphatic carbocycles. The van der Waals surface area contributed by atoms with Crippen LogP contribution in [0.5, 0.6) is 5.75 Å². The Hall–Kier alpha value is -3.28. The lowest BCUT2D eigenvalue weighted by molar-refractivity contribution is -0.274. The van der Waals surface area contributed by atoms with Crippen LogP contribution in [0, 0.1) is 0 Å². The van der Waals surface area contributed by atoms with Crippen molar-refractivity contribution in [2.45, 2.75) is 25.7 Å². The van der Waals surface area contributed by atoms with Gasteiger partial charge in [0.25, 0.3) is 0 Å². The van der Waals surface area contributed by atoms with E-state index in [1.54, 1.807) is 12.1 Å². The Labute approximate surface area is 166 Å². The highest BCUT2D eigenvalue weighted by atomic mass is 19.4. The second-order valence-corrected chi connectivity index (χ2v) is 6.74. The normalized spacial score (nSPS) is 11.7. The van der Waals surface area contributed by atoms with Crippen LogP contribution in [0.4, 0.5) is 13.2 Å². The summed E-state index contributed by atoms with van der Waals surface area (Å²) in [7, 11) is 0. The number of imidazole rings is 1. The van der Waals surface area contributed by atoms with Gasteiger partial charge in [0, 0.05) is 12.1 Å². The van der Waals surface area contributed by atoms with E-state index in [4.69, 9.17) is 4.98 Å². The van der Waals surface area contributed by atoms with E-state index in [0.29, 0.717) is 0 Å². The average molecular weight is 396 g/mol. The molecule has 0 aliphatic rings. The van der Waals surface area contributed by atoms with E-state index in [-0.39, 0.29) is 5.75 Å². The molecule has 0 N–H and O–H groups in total. The molecule has 1 heterocycles. The molecule has 4 rings (SSSR count). The molecule has 148 valence electrons. The van der Waals surface area contributed by atoms with Gasteiger partial charge in [0.05, 0.1) is 11.0 Å². The van der Waals surface area contributed by atoms with Crippen molar-refractivity contribution in [1.82, 2.24) is 9.55 Å². The third-order valence-corrected chi connectivity index (χ3v) is 4.69. The van der Waals surface area contributed by atoms with Gasteiger partial charge in [-0.3, -0.25) is 0 Å². The van der Waals surface area contributed by atoms with Gasteiger partial charge in [-0.05, 0) is 54.8 Å². The Kier molecular flexibility index (Phi) is 5.25. The number of hydrogen-bond donors (Lipinski definition) is 0. The summed E-state index contributed by atoms with van der Waals surface area (Å²) in [4.78, 5) is 4.71. The Bertz CT molecular complexity index is 1090. The molecular formula is C23H19F3N2O. The number of aryl methyl sites for hydroxylation is 2. The topological polar surface area (TPSA) is 27.1 Å². The minimum Gasteiger partial charge on any atom is -0.406 e. The summed E-state index contributed by atoms with van der Waals surface area (Å²) in [6, 6.07) is 23.9. The number of nitrogens with zero attached hydrogens (tertiary/aromatic N) is 2. The predicted molar refractivity (Wildman–Crippen MR) is 107 cm³/mol. The molecule has 1 aromatic heterocycles. The maximum atomic E-state index is 12.4. The molecule has 29 heavy (non-hydrogen) atoms. The van der Waals surface area contributed by atoms with Crippen molar-refractivity contribution < 1.29 is 17.9 Å². The lowest BCUT2D eigenvalue weighted by Crippen LogP contribution is -2.16. The minimum atomic E-state index is -4.70. The van der Waals surface area contributed by atoms with E-state index in [0.717, 1.165) is 41.8 Å². The fraction of sp³-hybridized carbons (Fsp3) is 0.174. The van der Waals surface area contributed by atoms with Crippen molar-refractivity contribution in [3.8, 4) is 17.1 Å². The molecular weight excluding hydrogens is 377 g/mol. The summed E-state index contributed by atoms with van der Waals surface area (Å²) in [5.41, 5.74) is 3.88. The zero-order valence-electron chi connectivity index (χ0n) is 15.6. The molecule has 6 heteroatoms. The Morgan fingerprint density at radius 2 is 1.52 bits per heavy atom. The lowest BCUT2D eigenvalue weighted by atomic mass is 10.1. The summed E-state index contributed by atoms with van der Waals surface area (Å²) in [6.07, 6.45) is -2.84. The van der Waals surface area contributed by atoms with Crippen molar-refractivity contribution in [2.75, 3.05) is 0 Å². The molecule has 0 unspecified atom stereocenters. The Balaban J connectivity index is 1.61. The number of fused-ring (bicyclic) bond motifs is 1. The van der Waals surface area contributed by atoms with Crippen molar-refractivity contribution >= 4 is 11.0 Å². The summed E-state index contributed by atoms with van der Waals surface area (Å²) in [5, 5.41) is 0. The first kappa shape index (κ1) is 19.1. The van der Waals surface area contributed by atoms with Crippen molar-refractivity contribution in [1.29, 1.82) is 0 Å². The predicted octanol–water partition coefficient (Wildman–Crippen LogP) is 6.23. The molecule has 3 nitrogen and oxygen atoms in total. The molecule has 3 aromatic carbocycles. The molecule has 0 spiro atoms. The molecule has 0 fully saturated rings. The van der Waals surface area contributed by atoms with Gasteiger partial charge in [-0.1, -0.05) is 42.5 Å². The first-order valence-corrected chi connectivity index (χ1v) is 9.35. The average Bonchev–Trinajstić information content (AvgIpc) is 3.07. The lowest BCUT2D eigenvalue weighted by Gasteiger charge is -2.11. The number of para-hydroxylation sites is 2. The third kappa shape index (κ3) is 4.59. The summed E-state index contributed by atoms with van der Waals surface area (Å²) in [5.74, 6) is 0.491. The highest BCUT2D eigenvalue weighted by Crippen LogP contribution is 2.29. The maximum absolute atomic E-state index is 12.4. The number of rotatable bonds is 6. The fourth-order valence-corrected chi connectivity index (χ4v) is 3.41. The van der Waals surface area contributed by atoms with E-state index < -0.39 is 6.36 Å². The molecule has 0 radical (unpaired) electrons. The summed E-state index contributed by atoms with van der Waals surface area (Å²) >= 11 is 0. The number of halogens is 3. The first-order valence-electron chi connectivity index (χ1n) is 9.35. The maximum Gasteiger partial charge on any atom is 0.573 e. The molecule has 0 saturated carbocycles. The standard InChI is InChI=1S/C23H19F3N2O/c24-23(25,26)29-19-14-12-18(13-15-19)22-27-20-10-4-5-11-21(20)28(22)16-6-9-17-7-2-1-3-8-17/h1-5,7-8,10-15H,6,9,16H2. The van der Waals surface area contributed by atoms with E-state index in [9.17, 15) is 13.2 Å². The zero-order valence-corrected chi connectivity index (χ0v) is 15.6. The number of hydrogen-bond acceptors (Lipinski definition) is 2. The fourth-order valence-electron chi connectivity index (χ4n) is 3.41. The molecule has 0 bridgehead atoms. The monoisotopic (exact) mass is 396 g/mol. The van der Waals surface area contributed by atoms with Gasteiger partial charge >= 0.3 is 6.36 Å². The third-order valence-electron chi connectivity index (χ3n) is 4.69. The van der Waals surface area contributed by atoms with Gasteiger partial charge in [0.1, 0.15) is 11.6 Å². The number of benzene rings is 3. The van der Waals surface area contributed by atoms with Crippen LogP contribution < -0.4 is 4.74 Å². The quantitative estimate of drug-likeness (QED) is 0.386. The van der Waals surface area contributed by atoms with E-state index >= 15 is 0 Å². The van der Waals surface area contributed by atoms with E-state index in [1.165, 1.54) is 17.7 Å².